The third-order valence-corrected chi connectivity index (χ3v) is 4.54. The van der Waals surface area contributed by atoms with Crippen molar-refractivity contribution in [3.8, 4) is 11.5 Å². The van der Waals surface area contributed by atoms with E-state index in [1.165, 1.54) is 12.8 Å². The summed E-state index contributed by atoms with van der Waals surface area (Å²) in [7, 11) is 0. The fourth-order valence-corrected chi connectivity index (χ4v) is 3.31. The minimum absolute atomic E-state index is 0.116. The smallest absolute Gasteiger partial charge is 0.319 e. The Bertz CT molecular complexity index is 739. The van der Waals surface area contributed by atoms with Crippen molar-refractivity contribution < 1.29 is 14.3 Å². The number of nitrogens with zero attached hydrogens (tertiary/aromatic N) is 2. The number of rotatable bonds is 4. The number of aromatic nitrogens is 2. The highest BCUT2D eigenvalue weighted by atomic mass is 16.6. The van der Waals surface area contributed by atoms with Crippen LogP contribution in [0, 0.1) is 0 Å². The molecule has 1 atom stereocenters. The van der Waals surface area contributed by atoms with E-state index in [4.69, 9.17) is 9.47 Å². The van der Waals surface area contributed by atoms with E-state index in [1.54, 1.807) is 17.1 Å². The highest BCUT2D eigenvalue weighted by molar-refractivity contribution is 5.89. The molecule has 2 amide bonds. The summed E-state index contributed by atoms with van der Waals surface area (Å²) in [5, 5.41) is 10.1. The van der Waals surface area contributed by atoms with Gasteiger partial charge in [-0.05, 0) is 25.0 Å². The van der Waals surface area contributed by atoms with Gasteiger partial charge in [0.25, 0.3) is 0 Å². The molecule has 0 saturated heterocycles. The number of ether oxygens (including phenoxy) is 2. The Kier molecular flexibility index (Phi) is 4.45. The molecule has 7 nitrogen and oxygen atoms in total. The first-order chi connectivity index (χ1) is 12.3. The molecule has 1 unspecified atom stereocenters. The largest absolute Gasteiger partial charge is 0.486 e. The maximum Gasteiger partial charge on any atom is 0.319 e. The summed E-state index contributed by atoms with van der Waals surface area (Å²) in [5.74, 6) is 1.52. The standard InChI is InChI=1S/C18H22N4O3/c23-18(20-13-5-1-2-6-13)21-14-9-19-22(10-14)11-15-12-24-16-7-3-4-8-17(16)25-15/h3-4,7-10,13,15H,1-2,5-6,11-12H2,(H2,20,21,23). The van der Waals surface area contributed by atoms with E-state index < -0.39 is 0 Å². The van der Waals surface area contributed by atoms with Gasteiger partial charge >= 0.3 is 6.03 Å². The van der Waals surface area contributed by atoms with Crippen LogP contribution in [-0.4, -0.2) is 34.6 Å². The number of benzene rings is 1. The van der Waals surface area contributed by atoms with Gasteiger partial charge in [0.1, 0.15) is 6.61 Å². The normalized spacial score (nSPS) is 19.6. The van der Waals surface area contributed by atoms with E-state index in [0.29, 0.717) is 24.9 Å². The summed E-state index contributed by atoms with van der Waals surface area (Å²) in [4.78, 5) is 12.0. The number of anilines is 1. The van der Waals surface area contributed by atoms with Gasteiger partial charge in [0.2, 0.25) is 0 Å². The predicted octanol–water partition coefficient (Wildman–Crippen LogP) is 2.79. The summed E-state index contributed by atoms with van der Waals surface area (Å²) >= 11 is 0. The third kappa shape index (κ3) is 3.87. The van der Waals surface area contributed by atoms with Gasteiger partial charge in [0.05, 0.1) is 18.4 Å². The molecule has 0 radical (unpaired) electrons. The fraction of sp³-hybridized carbons (Fsp3) is 0.444. The Balaban J connectivity index is 1.30. The molecule has 2 aliphatic rings. The average molecular weight is 342 g/mol. The van der Waals surface area contributed by atoms with Crippen molar-refractivity contribution in [2.75, 3.05) is 11.9 Å². The predicted molar refractivity (Wildman–Crippen MR) is 93.0 cm³/mol. The summed E-state index contributed by atoms with van der Waals surface area (Å²) in [5.41, 5.74) is 0.674. The van der Waals surface area contributed by atoms with Crippen LogP contribution in [0.4, 0.5) is 10.5 Å². The molecule has 1 fully saturated rings. The highest BCUT2D eigenvalue weighted by Crippen LogP contribution is 2.31. The summed E-state index contributed by atoms with van der Waals surface area (Å²) in [6.07, 6.45) is 7.84. The molecule has 2 aromatic rings. The SMILES string of the molecule is O=C(Nc1cnn(CC2COc3ccccc3O2)c1)NC1CCCC1. The highest BCUT2D eigenvalue weighted by Gasteiger charge is 2.21. The molecule has 2 N–H and O–H groups in total. The van der Waals surface area contributed by atoms with E-state index >= 15 is 0 Å². The lowest BCUT2D eigenvalue weighted by Gasteiger charge is -2.26. The lowest BCUT2D eigenvalue weighted by atomic mass is 10.2. The van der Waals surface area contributed by atoms with Crippen LogP contribution in [-0.2, 0) is 6.54 Å². The van der Waals surface area contributed by atoms with E-state index in [0.717, 1.165) is 24.3 Å². The Morgan fingerprint density at radius 2 is 2.04 bits per heavy atom. The molecule has 25 heavy (non-hydrogen) atoms. The molecule has 1 aliphatic carbocycles. The van der Waals surface area contributed by atoms with Crippen LogP contribution >= 0.6 is 0 Å². The molecule has 0 bridgehead atoms. The van der Waals surface area contributed by atoms with Crippen molar-refractivity contribution in [2.24, 2.45) is 0 Å². The molecule has 1 aromatic carbocycles. The second kappa shape index (κ2) is 7.04. The monoisotopic (exact) mass is 342 g/mol. The van der Waals surface area contributed by atoms with E-state index in [1.807, 2.05) is 24.3 Å². The molecule has 132 valence electrons. The van der Waals surface area contributed by atoms with Gasteiger partial charge in [-0.25, -0.2) is 4.79 Å². The van der Waals surface area contributed by atoms with Crippen LogP contribution in [0.2, 0.25) is 0 Å². The zero-order valence-corrected chi connectivity index (χ0v) is 14.0. The topological polar surface area (TPSA) is 77.4 Å². The fourth-order valence-electron chi connectivity index (χ4n) is 3.31. The number of fused-ring (bicyclic) bond motifs is 1. The van der Waals surface area contributed by atoms with Crippen molar-refractivity contribution in [3.05, 3.63) is 36.7 Å². The number of hydrogen-bond acceptors (Lipinski definition) is 4. The molecule has 0 spiro atoms. The molecule has 2 heterocycles. The third-order valence-electron chi connectivity index (χ3n) is 4.54. The van der Waals surface area contributed by atoms with Crippen LogP contribution in [0.1, 0.15) is 25.7 Å². The van der Waals surface area contributed by atoms with Crippen LogP contribution in [0.5, 0.6) is 11.5 Å². The molecule has 1 aliphatic heterocycles. The molecular weight excluding hydrogens is 320 g/mol. The van der Waals surface area contributed by atoms with E-state index in [9.17, 15) is 4.79 Å². The Morgan fingerprint density at radius 3 is 2.88 bits per heavy atom. The van der Waals surface area contributed by atoms with Gasteiger partial charge in [-0.15, -0.1) is 0 Å². The lowest BCUT2D eigenvalue weighted by molar-refractivity contribution is 0.0759. The number of carbonyl (C=O) groups excluding carboxylic acids is 1. The first kappa shape index (κ1) is 15.8. The summed E-state index contributed by atoms with van der Waals surface area (Å²) in [6, 6.07) is 7.75. The van der Waals surface area contributed by atoms with Crippen molar-refractivity contribution >= 4 is 11.7 Å². The number of urea groups is 1. The Hall–Kier alpha value is -2.70. The minimum atomic E-state index is -0.169. The van der Waals surface area contributed by atoms with Gasteiger partial charge in [-0.1, -0.05) is 25.0 Å². The number of carbonyl (C=O) groups is 1. The van der Waals surface area contributed by atoms with E-state index in [-0.39, 0.29) is 12.1 Å². The molecule has 4 rings (SSSR count). The van der Waals surface area contributed by atoms with Crippen LogP contribution < -0.4 is 20.1 Å². The zero-order chi connectivity index (χ0) is 17.1. The Labute approximate surface area is 146 Å². The van der Waals surface area contributed by atoms with Gasteiger partial charge in [-0.2, -0.15) is 5.10 Å². The second-order valence-corrected chi connectivity index (χ2v) is 6.53. The molecular formula is C18H22N4O3. The average Bonchev–Trinajstić information content (AvgIpc) is 3.27. The molecule has 1 aromatic heterocycles. The van der Waals surface area contributed by atoms with Crippen molar-refractivity contribution in [3.63, 3.8) is 0 Å². The van der Waals surface area contributed by atoms with Crippen molar-refractivity contribution in [1.82, 2.24) is 15.1 Å². The number of hydrogen-bond donors (Lipinski definition) is 2. The maximum absolute atomic E-state index is 12.0. The van der Waals surface area contributed by atoms with Crippen LogP contribution in [0.15, 0.2) is 36.7 Å². The first-order valence-corrected chi connectivity index (χ1v) is 8.75. The zero-order valence-electron chi connectivity index (χ0n) is 14.0. The maximum atomic E-state index is 12.0. The minimum Gasteiger partial charge on any atom is -0.486 e. The number of nitrogens with one attached hydrogen (secondary N) is 2. The summed E-state index contributed by atoms with van der Waals surface area (Å²) in [6.45, 7) is 1.03. The van der Waals surface area contributed by atoms with E-state index in [2.05, 4.69) is 15.7 Å². The first-order valence-electron chi connectivity index (χ1n) is 8.75. The van der Waals surface area contributed by atoms with Gasteiger partial charge in [0, 0.05) is 12.2 Å². The Morgan fingerprint density at radius 1 is 1.24 bits per heavy atom. The van der Waals surface area contributed by atoms with Crippen LogP contribution in [0.25, 0.3) is 0 Å². The summed E-state index contributed by atoms with van der Waals surface area (Å²) < 4.78 is 13.4. The molecule has 7 heteroatoms. The van der Waals surface area contributed by atoms with Crippen LogP contribution in [0.3, 0.4) is 0 Å². The lowest BCUT2D eigenvalue weighted by Crippen LogP contribution is -2.36. The quantitative estimate of drug-likeness (QED) is 0.896. The van der Waals surface area contributed by atoms with Gasteiger partial charge in [0.15, 0.2) is 17.6 Å². The number of amides is 2. The second-order valence-electron chi connectivity index (χ2n) is 6.53. The van der Waals surface area contributed by atoms with Crippen molar-refractivity contribution in [1.29, 1.82) is 0 Å². The van der Waals surface area contributed by atoms with Gasteiger partial charge < -0.3 is 20.1 Å². The number of para-hydroxylation sites is 2. The van der Waals surface area contributed by atoms with Gasteiger partial charge in [-0.3, -0.25) is 4.68 Å². The molecule has 1 saturated carbocycles. The van der Waals surface area contributed by atoms with Crippen molar-refractivity contribution in [2.45, 2.75) is 44.4 Å².